The zero-order valence-electron chi connectivity index (χ0n) is 10.0. The maximum Gasteiger partial charge on any atom is 0.130 e. The van der Waals surface area contributed by atoms with Crippen molar-refractivity contribution in [3.8, 4) is 0 Å². The molecule has 2 aromatic carbocycles. The summed E-state index contributed by atoms with van der Waals surface area (Å²) in [6.07, 6.45) is -0.869. The van der Waals surface area contributed by atoms with Crippen LogP contribution in [0.1, 0.15) is 18.6 Å². The lowest BCUT2D eigenvalue weighted by atomic mass is 10.1. The van der Waals surface area contributed by atoms with Crippen LogP contribution >= 0.6 is 35.0 Å². The van der Waals surface area contributed by atoms with Crippen LogP contribution in [0.15, 0.2) is 46.2 Å². The van der Waals surface area contributed by atoms with Crippen molar-refractivity contribution in [1.29, 1.82) is 0 Å². The summed E-state index contributed by atoms with van der Waals surface area (Å²) >= 11 is 13.1. The summed E-state index contributed by atoms with van der Waals surface area (Å²) in [7, 11) is 0. The van der Waals surface area contributed by atoms with Crippen molar-refractivity contribution in [2.75, 3.05) is 0 Å². The van der Waals surface area contributed by atoms with Crippen molar-refractivity contribution in [2.45, 2.75) is 22.8 Å². The van der Waals surface area contributed by atoms with E-state index < -0.39 is 11.9 Å². The summed E-state index contributed by atoms with van der Waals surface area (Å²) in [4.78, 5) is 1.50. The van der Waals surface area contributed by atoms with Crippen molar-refractivity contribution in [3.05, 3.63) is 57.8 Å². The first-order chi connectivity index (χ1) is 8.99. The molecule has 0 spiro atoms. The molecule has 2 rings (SSSR count). The molecule has 0 bridgehead atoms. The Morgan fingerprint density at radius 2 is 1.89 bits per heavy atom. The molecule has 1 atom stereocenters. The minimum absolute atomic E-state index is 0.290. The van der Waals surface area contributed by atoms with Gasteiger partial charge < -0.3 is 5.11 Å². The van der Waals surface area contributed by atoms with Crippen molar-refractivity contribution in [2.24, 2.45) is 0 Å². The second-order valence-electron chi connectivity index (χ2n) is 4.01. The topological polar surface area (TPSA) is 20.2 Å². The Morgan fingerprint density at radius 1 is 1.16 bits per heavy atom. The van der Waals surface area contributed by atoms with Gasteiger partial charge in [0.25, 0.3) is 0 Å². The Morgan fingerprint density at radius 3 is 2.53 bits per heavy atom. The number of benzene rings is 2. The third-order valence-electron chi connectivity index (χ3n) is 2.55. The molecule has 0 amide bonds. The predicted octanol–water partition coefficient (Wildman–Crippen LogP) is 5.34. The molecule has 1 unspecified atom stereocenters. The second-order valence-corrected chi connectivity index (χ2v) is 5.94. The van der Waals surface area contributed by atoms with Gasteiger partial charge >= 0.3 is 0 Å². The summed E-state index contributed by atoms with van der Waals surface area (Å²) < 4.78 is 13.7. The van der Waals surface area contributed by atoms with Gasteiger partial charge in [-0.25, -0.2) is 4.39 Å². The van der Waals surface area contributed by atoms with E-state index in [-0.39, 0.29) is 0 Å². The third kappa shape index (κ3) is 3.42. The molecule has 0 fully saturated rings. The second kappa shape index (κ2) is 6.14. The summed E-state index contributed by atoms with van der Waals surface area (Å²) in [5, 5.41) is 10.6. The lowest BCUT2D eigenvalue weighted by Gasteiger charge is -2.12. The van der Waals surface area contributed by atoms with Crippen molar-refractivity contribution < 1.29 is 9.50 Å². The highest BCUT2D eigenvalue weighted by Crippen LogP contribution is 2.36. The molecule has 1 N–H and O–H groups in total. The number of aliphatic hydroxyl groups is 1. The molecule has 0 aliphatic heterocycles. The summed E-state index contributed by atoms with van der Waals surface area (Å²) in [6, 6.07) is 9.91. The normalized spacial score (nSPS) is 12.5. The molecule has 100 valence electrons. The van der Waals surface area contributed by atoms with Gasteiger partial charge in [-0.1, -0.05) is 41.0 Å². The van der Waals surface area contributed by atoms with Crippen LogP contribution in [-0.2, 0) is 0 Å². The Kier molecular flexibility index (Phi) is 4.74. The summed E-state index contributed by atoms with van der Waals surface area (Å²) in [6.45, 7) is 1.54. The summed E-state index contributed by atoms with van der Waals surface area (Å²) in [5.74, 6) is -0.417. The first-order valence-corrected chi connectivity index (χ1v) is 7.15. The highest BCUT2D eigenvalue weighted by Gasteiger charge is 2.14. The maximum atomic E-state index is 13.7. The molecule has 0 aliphatic carbocycles. The standard InChI is InChI=1S/C14H11Cl2FOS/c1-8(18)14-12(17)3-2-4-13(14)19-9-5-6-10(15)11(16)7-9/h2-8,18H,1H3. The zero-order valence-corrected chi connectivity index (χ0v) is 12.4. The van der Waals surface area contributed by atoms with E-state index in [1.807, 2.05) is 0 Å². The van der Waals surface area contributed by atoms with Gasteiger partial charge in [0, 0.05) is 15.4 Å². The Labute approximate surface area is 125 Å². The molecule has 19 heavy (non-hydrogen) atoms. The van der Waals surface area contributed by atoms with Gasteiger partial charge in [-0.3, -0.25) is 0 Å². The molecule has 0 aromatic heterocycles. The van der Waals surface area contributed by atoms with Crippen LogP contribution in [0.4, 0.5) is 4.39 Å². The molecule has 0 aliphatic rings. The van der Waals surface area contributed by atoms with Crippen LogP contribution in [0, 0.1) is 5.82 Å². The fourth-order valence-electron chi connectivity index (χ4n) is 1.68. The zero-order chi connectivity index (χ0) is 14.0. The van der Waals surface area contributed by atoms with E-state index in [0.717, 1.165) is 4.90 Å². The molecule has 2 aromatic rings. The van der Waals surface area contributed by atoms with Crippen LogP contribution in [0.2, 0.25) is 10.0 Å². The number of halogens is 3. The molecule has 0 saturated carbocycles. The van der Waals surface area contributed by atoms with Gasteiger partial charge in [-0.05, 0) is 37.3 Å². The van der Waals surface area contributed by atoms with Crippen molar-refractivity contribution in [1.82, 2.24) is 0 Å². The molecule has 1 nitrogen and oxygen atoms in total. The Hall–Kier alpha value is -0.740. The SMILES string of the molecule is CC(O)c1c(F)cccc1Sc1ccc(Cl)c(Cl)c1. The monoisotopic (exact) mass is 316 g/mol. The number of rotatable bonds is 3. The highest BCUT2D eigenvalue weighted by molar-refractivity contribution is 7.99. The van der Waals surface area contributed by atoms with Crippen LogP contribution in [-0.4, -0.2) is 5.11 Å². The van der Waals surface area contributed by atoms with Gasteiger partial charge in [0.2, 0.25) is 0 Å². The van der Waals surface area contributed by atoms with Crippen LogP contribution in [0.3, 0.4) is 0 Å². The molecule has 5 heteroatoms. The van der Waals surface area contributed by atoms with E-state index in [4.69, 9.17) is 23.2 Å². The van der Waals surface area contributed by atoms with E-state index >= 15 is 0 Å². The first-order valence-electron chi connectivity index (χ1n) is 5.58. The van der Waals surface area contributed by atoms with E-state index in [0.29, 0.717) is 20.5 Å². The molecule has 0 saturated heterocycles. The Bertz CT molecular complexity index is 602. The fraction of sp³-hybridized carbons (Fsp3) is 0.143. The van der Waals surface area contributed by atoms with E-state index in [1.54, 1.807) is 30.3 Å². The van der Waals surface area contributed by atoms with Crippen LogP contribution in [0.25, 0.3) is 0 Å². The number of hydrogen-bond donors (Lipinski definition) is 1. The average molecular weight is 317 g/mol. The third-order valence-corrected chi connectivity index (χ3v) is 4.35. The van der Waals surface area contributed by atoms with E-state index in [1.165, 1.54) is 24.8 Å². The quantitative estimate of drug-likeness (QED) is 0.825. The minimum Gasteiger partial charge on any atom is -0.389 e. The predicted molar refractivity (Wildman–Crippen MR) is 77.6 cm³/mol. The van der Waals surface area contributed by atoms with Gasteiger partial charge in [-0.15, -0.1) is 0 Å². The van der Waals surface area contributed by atoms with Gasteiger partial charge in [-0.2, -0.15) is 0 Å². The molecular formula is C14H11Cl2FOS. The van der Waals surface area contributed by atoms with E-state index in [9.17, 15) is 9.50 Å². The summed E-state index contributed by atoms with van der Waals surface area (Å²) in [5.41, 5.74) is 0.290. The van der Waals surface area contributed by atoms with Gasteiger partial charge in [0.05, 0.1) is 16.1 Å². The maximum absolute atomic E-state index is 13.7. The lowest BCUT2D eigenvalue weighted by Crippen LogP contribution is -1.98. The number of hydrogen-bond acceptors (Lipinski definition) is 2. The first kappa shape index (κ1) is 14.7. The number of aliphatic hydroxyl groups excluding tert-OH is 1. The molecule has 0 radical (unpaired) electrons. The largest absolute Gasteiger partial charge is 0.389 e. The van der Waals surface area contributed by atoms with Crippen molar-refractivity contribution in [3.63, 3.8) is 0 Å². The van der Waals surface area contributed by atoms with Crippen LogP contribution in [0.5, 0.6) is 0 Å². The van der Waals surface area contributed by atoms with Crippen molar-refractivity contribution >= 4 is 35.0 Å². The molecule has 0 heterocycles. The Balaban J connectivity index is 2.38. The lowest BCUT2D eigenvalue weighted by molar-refractivity contribution is 0.191. The smallest absolute Gasteiger partial charge is 0.130 e. The highest BCUT2D eigenvalue weighted by atomic mass is 35.5. The fourth-order valence-corrected chi connectivity index (χ4v) is 3.13. The minimum atomic E-state index is -0.869. The van der Waals surface area contributed by atoms with E-state index in [2.05, 4.69) is 0 Å². The molecular weight excluding hydrogens is 306 g/mol. The van der Waals surface area contributed by atoms with Gasteiger partial charge in [0.15, 0.2) is 0 Å². The van der Waals surface area contributed by atoms with Crippen LogP contribution < -0.4 is 0 Å². The average Bonchev–Trinajstić information content (AvgIpc) is 2.33. The van der Waals surface area contributed by atoms with Gasteiger partial charge in [0.1, 0.15) is 5.82 Å².